The van der Waals surface area contributed by atoms with E-state index in [-0.39, 0.29) is 11.5 Å². The number of Topliss-reactive ketones (excluding diaryl/α,β-unsaturated/α-hetero) is 1. The molecule has 1 atom stereocenters. The Bertz CT molecular complexity index is 273. The molecule has 0 aromatic rings. The van der Waals surface area contributed by atoms with Crippen molar-refractivity contribution in [1.29, 1.82) is 0 Å². The third-order valence-electron chi connectivity index (χ3n) is 1.73. The van der Waals surface area contributed by atoms with Gasteiger partial charge in [0.15, 0.2) is 0 Å². The number of nitrogens with one attached hydrogen (secondary N) is 1. The van der Waals surface area contributed by atoms with Crippen molar-refractivity contribution in [3.8, 4) is 0 Å². The van der Waals surface area contributed by atoms with Crippen molar-refractivity contribution in [2.24, 2.45) is 0 Å². The molecule has 0 saturated heterocycles. The second kappa shape index (κ2) is 6.10. The van der Waals surface area contributed by atoms with Gasteiger partial charge in [-0.2, -0.15) is 0 Å². The summed E-state index contributed by atoms with van der Waals surface area (Å²) in [6, 6.07) is -0.650. The normalized spacial score (nSPS) is 13.9. The summed E-state index contributed by atoms with van der Waals surface area (Å²) < 4.78 is 29.6. The van der Waals surface area contributed by atoms with Crippen LogP contribution in [0.15, 0.2) is 0 Å². The van der Waals surface area contributed by atoms with Gasteiger partial charge in [-0.25, -0.2) is 13.1 Å². The number of ketones is 1. The molecule has 0 aromatic heterocycles. The summed E-state index contributed by atoms with van der Waals surface area (Å²) >= 11 is 0. The highest BCUT2D eigenvalue weighted by Crippen LogP contribution is 1.94. The van der Waals surface area contributed by atoms with Crippen LogP contribution in [0.4, 0.5) is 0 Å². The highest BCUT2D eigenvalue weighted by Gasteiger charge is 2.16. The maximum absolute atomic E-state index is 11.3. The number of methoxy groups -OCH3 is 1. The Morgan fingerprint density at radius 2 is 2.07 bits per heavy atom. The Balaban J connectivity index is 4.01. The lowest BCUT2D eigenvalue weighted by Gasteiger charge is -2.10. The van der Waals surface area contributed by atoms with E-state index in [1.165, 1.54) is 21.0 Å². The van der Waals surface area contributed by atoms with Crippen LogP contribution < -0.4 is 4.72 Å². The lowest BCUT2D eigenvalue weighted by Crippen LogP contribution is -2.38. The van der Waals surface area contributed by atoms with E-state index in [0.717, 1.165) is 0 Å². The van der Waals surface area contributed by atoms with Crippen LogP contribution in [-0.4, -0.2) is 39.7 Å². The number of hydrogen-bond acceptors (Lipinski definition) is 4. The number of hydrogen-bond donors (Lipinski definition) is 1. The third-order valence-corrected chi connectivity index (χ3v) is 3.27. The summed E-state index contributed by atoms with van der Waals surface area (Å²) in [5.74, 6) is -0.210. The number of carbonyl (C=O) groups excluding carboxylic acids is 1. The van der Waals surface area contributed by atoms with Crippen LogP contribution in [0.5, 0.6) is 0 Å². The van der Waals surface area contributed by atoms with Crippen molar-refractivity contribution in [2.45, 2.75) is 26.3 Å². The smallest absolute Gasteiger partial charge is 0.212 e. The minimum Gasteiger partial charge on any atom is -0.385 e. The molecule has 0 rings (SSSR count). The molecule has 5 nitrogen and oxygen atoms in total. The molecule has 84 valence electrons. The van der Waals surface area contributed by atoms with Gasteiger partial charge in [0, 0.05) is 13.7 Å². The van der Waals surface area contributed by atoms with Gasteiger partial charge in [-0.15, -0.1) is 0 Å². The van der Waals surface area contributed by atoms with Gasteiger partial charge in [-0.1, -0.05) is 0 Å². The highest BCUT2D eigenvalue weighted by atomic mass is 32.2. The minimum atomic E-state index is -3.35. The predicted molar refractivity (Wildman–Crippen MR) is 53.6 cm³/mol. The van der Waals surface area contributed by atoms with E-state index < -0.39 is 16.1 Å². The van der Waals surface area contributed by atoms with Crippen LogP contribution in [0.25, 0.3) is 0 Å². The van der Waals surface area contributed by atoms with Gasteiger partial charge in [-0.05, 0) is 20.3 Å². The second-order valence-electron chi connectivity index (χ2n) is 3.12. The van der Waals surface area contributed by atoms with Crippen LogP contribution in [0, 0.1) is 0 Å². The Kier molecular flexibility index (Phi) is 5.90. The monoisotopic (exact) mass is 223 g/mol. The fraction of sp³-hybridized carbons (Fsp3) is 0.875. The molecule has 0 amide bonds. The molecule has 0 aromatic carbocycles. The first kappa shape index (κ1) is 13.5. The van der Waals surface area contributed by atoms with E-state index in [1.807, 2.05) is 0 Å². The summed E-state index contributed by atoms with van der Waals surface area (Å²) in [5.41, 5.74) is 0. The highest BCUT2D eigenvalue weighted by molar-refractivity contribution is 7.89. The molecular weight excluding hydrogens is 206 g/mol. The molecule has 0 heterocycles. The van der Waals surface area contributed by atoms with E-state index in [4.69, 9.17) is 4.74 Å². The summed E-state index contributed by atoms with van der Waals surface area (Å²) in [7, 11) is -1.84. The fourth-order valence-corrected chi connectivity index (χ4v) is 2.12. The zero-order valence-electron chi connectivity index (χ0n) is 8.74. The molecule has 0 bridgehead atoms. The summed E-state index contributed by atoms with van der Waals surface area (Å²) in [4.78, 5) is 10.8. The first-order chi connectivity index (χ1) is 6.39. The molecule has 1 unspecified atom stereocenters. The summed E-state index contributed by atoms with van der Waals surface area (Å²) in [6.07, 6.45) is 0.427. The molecule has 1 N–H and O–H groups in total. The molecule has 0 radical (unpaired) electrons. The average Bonchev–Trinajstić information content (AvgIpc) is 2.03. The van der Waals surface area contributed by atoms with E-state index in [2.05, 4.69) is 4.72 Å². The van der Waals surface area contributed by atoms with Crippen LogP contribution in [0.2, 0.25) is 0 Å². The molecule has 0 aliphatic carbocycles. The summed E-state index contributed by atoms with van der Waals surface area (Å²) in [5, 5.41) is 0. The van der Waals surface area contributed by atoms with Crippen molar-refractivity contribution in [2.75, 3.05) is 19.5 Å². The second-order valence-corrected chi connectivity index (χ2v) is 4.99. The van der Waals surface area contributed by atoms with Gasteiger partial charge in [0.25, 0.3) is 0 Å². The topological polar surface area (TPSA) is 72.5 Å². The molecular formula is C8H17NO4S. The Morgan fingerprint density at radius 3 is 2.50 bits per heavy atom. The SMILES string of the molecule is COCCCS(=O)(=O)NC(C)C(C)=O. The Hall–Kier alpha value is -0.460. The van der Waals surface area contributed by atoms with E-state index in [1.54, 1.807) is 0 Å². The zero-order chi connectivity index (χ0) is 11.2. The Morgan fingerprint density at radius 1 is 1.50 bits per heavy atom. The van der Waals surface area contributed by atoms with Crippen molar-refractivity contribution >= 4 is 15.8 Å². The van der Waals surface area contributed by atoms with Gasteiger partial charge in [0.05, 0.1) is 11.8 Å². The lowest BCUT2D eigenvalue weighted by atomic mass is 10.3. The number of rotatable bonds is 7. The first-order valence-corrected chi connectivity index (χ1v) is 6.03. The van der Waals surface area contributed by atoms with Crippen molar-refractivity contribution < 1.29 is 17.9 Å². The number of ether oxygens (including phenoxy) is 1. The molecule has 14 heavy (non-hydrogen) atoms. The summed E-state index contributed by atoms with van der Waals surface area (Å²) in [6.45, 7) is 3.27. The van der Waals surface area contributed by atoms with Gasteiger partial charge < -0.3 is 4.74 Å². The minimum absolute atomic E-state index is 0.0154. The molecule has 0 spiro atoms. The molecule has 6 heteroatoms. The Labute approximate surface area is 84.9 Å². The van der Waals surface area contributed by atoms with Gasteiger partial charge >= 0.3 is 0 Å². The molecule has 0 aliphatic heterocycles. The van der Waals surface area contributed by atoms with E-state index in [9.17, 15) is 13.2 Å². The maximum atomic E-state index is 11.3. The third kappa shape index (κ3) is 6.06. The van der Waals surface area contributed by atoms with Crippen LogP contribution >= 0.6 is 0 Å². The first-order valence-electron chi connectivity index (χ1n) is 4.38. The van der Waals surface area contributed by atoms with Crippen LogP contribution in [0.1, 0.15) is 20.3 Å². The fourth-order valence-electron chi connectivity index (χ4n) is 0.805. The van der Waals surface area contributed by atoms with Crippen LogP contribution in [0.3, 0.4) is 0 Å². The predicted octanol–water partition coefficient (Wildman–Crippen LogP) is -0.0802. The molecule has 0 saturated carbocycles. The average molecular weight is 223 g/mol. The molecule has 0 aliphatic rings. The standard InChI is InChI=1S/C8H17NO4S/c1-7(8(2)10)9-14(11,12)6-4-5-13-3/h7,9H,4-6H2,1-3H3. The van der Waals surface area contributed by atoms with Crippen molar-refractivity contribution in [3.05, 3.63) is 0 Å². The van der Waals surface area contributed by atoms with Crippen LogP contribution in [-0.2, 0) is 19.6 Å². The molecule has 0 fully saturated rings. The number of sulfonamides is 1. The quantitative estimate of drug-likeness (QED) is 0.613. The van der Waals surface area contributed by atoms with Crippen molar-refractivity contribution in [3.63, 3.8) is 0 Å². The number of carbonyl (C=O) groups is 1. The maximum Gasteiger partial charge on any atom is 0.212 e. The largest absolute Gasteiger partial charge is 0.385 e. The van der Waals surface area contributed by atoms with E-state index in [0.29, 0.717) is 13.0 Å². The van der Waals surface area contributed by atoms with Gasteiger partial charge in [0.2, 0.25) is 10.0 Å². The van der Waals surface area contributed by atoms with E-state index >= 15 is 0 Å². The zero-order valence-corrected chi connectivity index (χ0v) is 9.56. The lowest BCUT2D eigenvalue weighted by molar-refractivity contribution is -0.118. The van der Waals surface area contributed by atoms with Gasteiger partial charge in [-0.3, -0.25) is 4.79 Å². The van der Waals surface area contributed by atoms with Gasteiger partial charge in [0.1, 0.15) is 5.78 Å². The van der Waals surface area contributed by atoms with Crippen molar-refractivity contribution in [1.82, 2.24) is 4.72 Å².